The molecule has 0 aromatic heterocycles. The Labute approximate surface area is 430 Å². The average Bonchev–Trinajstić information content (AvgIpc) is 3.43. The third kappa shape index (κ3) is 11.0. The van der Waals surface area contributed by atoms with Crippen molar-refractivity contribution in [1.29, 1.82) is 0 Å². The molecular weight excluding hydrogens is 949 g/mol. The van der Waals surface area contributed by atoms with Crippen LogP contribution in [-0.2, 0) is 74.8 Å². The maximum atomic E-state index is 14.3. The van der Waals surface area contributed by atoms with E-state index in [1.165, 1.54) is 7.11 Å². The minimum absolute atomic E-state index is 0.0918. The highest BCUT2D eigenvalue weighted by Crippen LogP contribution is 2.52. The first-order chi connectivity index (χ1) is 35.4. The van der Waals surface area contributed by atoms with Gasteiger partial charge in [0, 0.05) is 34.2 Å². The van der Waals surface area contributed by atoms with Crippen LogP contribution in [0.4, 0.5) is 0 Å². The van der Waals surface area contributed by atoms with Crippen molar-refractivity contribution in [1.82, 2.24) is 0 Å². The quantitative estimate of drug-likeness (QED) is 0.0339. The van der Waals surface area contributed by atoms with Gasteiger partial charge in [0.1, 0.15) is 43.2 Å². The topological polar surface area (TPSA) is 137 Å². The monoisotopic (exact) mass is 1020 g/mol. The number of rotatable bonds is 19. The molecule has 3 saturated heterocycles. The molecule has 4 aliphatic rings. The van der Waals surface area contributed by atoms with Gasteiger partial charge in [-0.05, 0) is 58.4 Å². The molecule has 15 heteroatoms. The largest absolute Gasteiger partial charge is 0.450 e. The van der Waals surface area contributed by atoms with Crippen LogP contribution >= 0.6 is 0 Å². The van der Waals surface area contributed by atoms with Gasteiger partial charge >= 0.3 is 14.3 Å². The smallest absolute Gasteiger partial charge is 0.338 e. The van der Waals surface area contributed by atoms with E-state index >= 15 is 0 Å². The van der Waals surface area contributed by atoms with Crippen molar-refractivity contribution in [3.05, 3.63) is 168 Å². The molecule has 1 saturated carbocycles. The molecule has 1 aliphatic carbocycles. The number of benzene rings is 5. The number of methoxy groups -OCH3 is 3. The molecule has 5 aromatic carbocycles. The second-order valence-electron chi connectivity index (χ2n) is 20.2. The number of carbonyl (C=O) groups excluding carboxylic acids is 1. The second-order valence-corrected chi connectivity index (χ2v) is 24.3. The first-order valence-electron chi connectivity index (χ1n) is 25.4. The van der Waals surface area contributed by atoms with E-state index in [-0.39, 0.29) is 24.9 Å². The van der Waals surface area contributed by atoms with E-state index in [1.54, 1.807) is 38.5 Å². The maximum Gasteiger partial charge on any atom is 0.338 e. The summed E-state index contributed by atoms with van der Waals surface area (Å²) in [6.07, 6.45) is -7.11. The van der Waals surface area contributed by atoms with Gasteiger partial charge in [-0.15, -0.1) is 0 Å². The Morgan fingerprint density at radius 2 is 1.10 bits per heavy atom. The van der Waals surface area contributed by atoms with Gasteiger partial charge < -0.3 is 52.1 Å². The molecule has 0 amide bonds. The highest BCUT2D eigenvalue weighted by molar-refractivity contribution is 6.99. The fourth-order valence-corrected chi connectivity index (χ4v) is 15.0. The summed E-state index contributed by atoms with van der Waals surface area (Å²) < 4.78 is 81.2. The summed E-state index contributed by atoms with van der Waals surface area (Å²) in [6, 6.07) is 48.9. The van der Waals surface area contributed by atoms with E-state index in [4.69, 9.17) is 61.6 Å². The normalized spacial score (nSPS) is 30.5. The van der Waals surface area contributed by atoms with Crippen LogP contribution in [-0.4, -0.2) is 115 Å². The fourth-order valence-electron chi connectivity index (χ4n) is 10.9. The highest BCUT2D eigenvalue weighted by atomic mass is 28.4. The minimum atomic E-state index is -3.16. The summed E-state index contributed by atoms with van der Waals surface area (Å²) in [5.41, 5.74) is 2.20. The molecule has 3 heterocycles. The minimum Gasteiger partial charge on any atom is -0.450 e. The zero-order chi connectivity index (χ0) is 51.1. The van der Waals surface area contributed by atoms with Gasteiger partial charge in [-0.25, -0.2) is 9.68 Å². The van der Waals surface area contributed by atoms with Gasteiger partial charge in [-0.1, -0.05) is 160 Å². The molecule has 5 aromatic rings. The van der Waals surface area contributed by atoms with Crippen LogP contribution < -0.4 is 10.4 Å². The average molecular weight is 1020 g/mol. The molecule has 390 valence electrons. The zero-order valence-electron chi connectivity index (χ0n) is 42.9. The summed E-state index contributed by atoms with van der Waals surface area (Å²) in [5, 5.41) is 1.71. The summed E-state index contributed by atoms with van der Waals surface area (Å²) in [6.45, 7) is 8.77. The summed E-state index contributed by atoms with van der Waals surface area (Å²) in [7, 11) is 1.57. The lowest BCUT2D eigenvalue weighted by Crippen LogP contribution is -2.76. The number of ether oxygens (including phenoxy) is 11. The molecule has 0 bridgehead atoms. The van der Waals surface area contributed by atoms with Crippen molar-refractivity contribution in [2.24, 2.45) is 0 Å². The molecule has 3 aliphatic heterocycles. The lowest BCUT2D eigenvalue weighted by Gasteiger charge is -2.60. The predicted octanol–water partition coefficient (Wildman–Crippen LogP) is 8.44. The molecule has 73 heavy (non-hydrogen) atoms. The van der Waals surface area contributed by atoms with Crippen molar-refractivity contribution in [3.8, 4) is 0 Å². The lowest BCUT2D eigenvalue weighted by atomic mass is 9.83. The van der Waals surface area contributed by atoms with Crippen LogP contribution in [0.3, 0.4) is 0 Å². The van der Waals surface area contributed by atoms with Gasteiger partial charge in [0.15, 0.2) is 18.7 Å². The molecule has 12 atom stereocenters. The van der Waals surface area contributed by atoms with E-state index in [1.807, 2.05) is 110 Å². The zero-order valence-corrected chi connectivity index (χ0v) is 43.9. The SMILES string of the molecule is CO[C@H]1O[C@H](COO[Si](c2ccccc2)(c2ccccc2)C(C)(C)C)[C@H]2O[C@@]3(OC)CCCC[C@]3(OC)O[C@@H]2[C@@H]1O[C@@H]1O[C@@H](C)[C@H](OCc2ccccc2)[C@@H](OCc2ccccc2)[C@H]1OC(=O)c1ccccc1. The van der Waals surface area contributed by atoms with Crippen molar-refractivity contribution >= 4 is 24.7 Å². The first-order valence-corrected chi connectivity index (χ1v) is 27.3. The van der Waals surface area contributed by atoms with Crippen LogP contribution in [0.1, 0.15) is 74.9 Å². The van der Waals surface area contributed by atoms with Crippen LogP contribution in [0, 0.1) is 0 Å². The number of fused-ring (bicyclic) bond motifs is 2. The molecule has 0 spiro atoms. The van der Waals surface area contributed by atoms with E-state index in [0.717, 1.165) is 34.3 Å². The number of esters is 1. The van der Waals surface area contributed by atoms with Crippen LogP contribution in [0.15, 0.2) is 152 Å². The Hall–Kier alpha value is -4.69. The number of carbonyl (C=O) groups is 1. The Balaban J connectivity index is 1.07. The Kier molecular flexibility index (Phi) is 17.1. The van der Waals surface area contributed by atoms with E-state index in [0.29, 0.717) is 18.4 Å². The maximum absolute atomic E-state index is 14.3. The third-order valence-electron chi connectivity index (χ3n) is 14.7. The van der Waals surface area contributed by atoms with Crippen LogP contribution in [0.2, 0.25) is 5.04 Å². The van der Waals surface area contributed by atoms with Crippen LogP contribution in [0.25, 0.3) is 0 Å². The van der Waals surface area contributed by atoms with Gasteiger partial charge in [-0.2, -0.15) is 0 Å². The van der Waals surface area contributed by atoms with Gasteiger partial charge in [0.25, 0.3) is 0 Å². The van der Waals surface area contributed by atoms with Crippen molar-refractivity contribution in [2.45, 2.75) is 145 Å². The Bertz CT molecular complexity index is 2450. The highest BCUT2D eigenvalue weighted by Gasteiger charge is 2.68. The third-order valence-corrected chi connectivity index (χ3v) is 19.4. The molecule has 0 N–H and O–H groups in total. The van der Waals surface area contributed by atoms with Crippen molar-refractivity contribution in [3.63, 3.8) is 0 Å². The molecule has 9 rings (SSSR count). The lowest BCUT2D eigenvalue weighted by molar-refractivity contribution is -0.503. The summed E-state index contributed by atoms with van der Waals surface area (Å²) >= 11 is 0. The van der Waals surface area contributed by atoms with Gasteiger partial charge in [0.2, 0.25) is 11.6 Å². The van der Waals surface area contributed by atoms with Crippen molar-refractivity contribution in [2.75, 3.05) is 27.9 Å². The molecule has 14 nitrogen and oxygen atoms in total. The molecular formula is C58H70O14Si. The fraction of sp³-hybridized carbons (Fsp3) is 0.466. The molecule has 0 radical (unpaired) electrons. The number of hydrogen-bond donors (Lipinski definition) is 0. The summed E-state index contributed by atoms with van der Waals surface area (Å²) in [5.74, 6) is -3.28. The van der Waals surface area contributed by atoms with E-state index in [2.05, 4.69) is 45.0 Å². The Morgan fingerprint density at radius 1 is 0.603 bits per heavy atom. The predicted molar refractivity (Wildman–Crippen MR) is 273 cm³/mol. The first kappa shape index (κ1) is 53.1. The Morgan fingerprint density at radius 3 is 1.60 bits per heavy atom. The van der Waals surface area contributed by atoms with Gasteiger partial charge in [-0.3, -0.25) is 4.58 Å². The standard InChI is InChI=1S/C58H70O14Si/c1-40-47(63-37-41-25-13-8-14-26-41)49(64-38-42-27-15-9-16-28-42)51(68-53(59)43-29-17-10-18-30-43)55(66-40)69-52-50-48(70-57(61-6)35-23-24-36-58(57,62-7)71-50)46(67-54(52)60-5)39-65-72-73(56(2,3)4,44-31-19-11-20-32-44)45-33-21-12-22-34-45/h8-22,25-34,40,46-52,54-55H,23-24,35-39H2,1-7H3/t40-,46+,47-,48+,49+,50-,51+,52-,54-,55-,57-,58-/m0/s1. The van der Waals surface area contributed by atoms with Crippen molar-refractivity contribution < 1.29 is 66.4 Å². The second kappa shape index (κ2) is 23.5. The van der Waals surface area contributed by atoms with E-state index in [9.17, 15) is 4.79 Å². The van der Waals surface area contributed by atoms with Crippen LogP contribution in [0.5, 0.6) is 0 Å². The van der Waals surface area contributed by atoms with Gasteiger partial charge in [0.05, 0.1) is 24.9 Å². The molecule has 0 unspecified atom stereocenters. The summed E-state index contributed by atoms with van der Waals surface area (Å²) in [4.78, 5) is 20.8. The molecule has 4 fully saturated rings. The van der Waals surface area contributed by atoms with E-state index < -0.39 is 87.3 Å². The number of hydrogen-bond acceptors (Lipinski definition) is 14.